The molecule has 0 heterocycles. The van der Waals surface area contributed by atoms with Gasteiger partial charge < -0.3 is 14.7 Å². The minimum absolute atomic E-state index is 0.299. The fourth-order valence-electron chi connectivity index (χ4n) is 1.79. The number of hydrogen-bond acceptors (Lipinski definition) is 3. The first-order valence-corrected chi connectivity index (χ1v) is 6.91. The van der Waals surface area contributed by atoms with Crippen LogP contribution >= 0.6 is 0 Å². The van der Waals surface area contributed by atoms with Gasteiger partial charge in [0.05, 0.1) is 5.76 Å². The number of allylic oxidation sites excluding steroid dienone is 1. The summed E-state index contributed by atoms with van der Waals surface area (Å²) in [6, 6.07) is 0. The standard InChI is InChI=1S/C8H14O.C7H15NO2/c1-7(9)8-5-3-2-4-6-8;1-7(2,3)10-6(9)8(4)5/h8-9H,1-6H2;1-5H3. The van der Waals surface area contributed by atoms with E-state index in [2.05, 4.69) is 6.58 Å². The van der Waals surface area contributed by atoms with E-state index >= 15 is 0 Å². The largest absolute Gasteiger partial charge is 0.513 e. The van der Waals surface area contributed by atoms with Crippen LogP contribution in [0.1, 0.15) is 52.9 Å². The highest BCUT2D eigenvalue weighted by Gasteiger charge is 2.17. The number of carbonyl (C=O) groups is 1. The zero-order chi connectivity index (χ0) is 15.1. The Morgan fingerprint density at radius 1 is 1.21 bits per heavy atom. The second-order valence-corrected chi connectivity index (χ2v) is 6.20. The van der Waals surface area contributed by atoms with Crippen LogP contribution in [0.4, 0.5) is 4.79 Å². The summed E-state index contributed by atoms with van der Waals surface area (Å²) in [5.74, 6) is 0.813. The summed E-state index contributed by atoms with van der Waals surface area (Å²) in [7, 11) is 3.32. The van der Waals surface area contributed by atoms with Gasteiger partial charge in [-0.25, -0.2) is 4.79 Å². The van der Waals surface area contributed by atoms with Crippen molar-refractivity contribution in [1.82, 2.24) is 4.90 Å². The van der Waals surface area contributed by atoms with E-state index in [1.165, 1.54) is 24.2 Å². The van der Waals surface area contributed by atoms with Gasteiger partial charge in [0.15, 0.2) is 0 Å². The molecular weight excluding hydrogens is 242 g/mol. The fraction of sp³-hybridized carbons (Fsp3) is 0.800. The molecular formula is C15H29NO3. The highest BCUT2D eigenvalue weighted by atomic mass is 16.6. The normalized spacial score (nSPS) is 16.1. The van der Waals surface area contributed by atoms with Crippen molar-refractivity contribution in [2.75, 3.05) is 14.1 Å². The third kappa shape index (κ3) is 9.40. The van der Waals surface area contributed by atoms with Gasteiger partial charge in [-0.1, -0.05) is 25.8 Å². The van der Waals surface area contributed by atoms with Crippen molar-refractivity contribution in [1.29, 1.82) is 0 Å². The van der Waals surface area contributed by atoms with Crippen molar-refractivity contribution in [2.24, 2.45) is 5.92 Å². The maximum absolute atomic E-state index is 10.9. The molecule has 1 rings (SSSR count). The van der Waals surface area contributed by atoms with E-state index in [1.807, 2.05) is 20.8 Å². The van der Waals surface area contributed by atoms with Crippen LogP contribution in [0.3, 0.4) is 0 Å². The van der Waals surface area contributed by atoms with Crippen molar-refractivity contribution in [3.8, 4) is 0 Å². The Balaban J connectivity index is 0.000000342. The molecule has 0 radical (unpaired) electrons. The summed E-state index contributed by atoms with van der Waals surface area (Å²) < 4.78 is 4.99. The molecule has 1 fully saturated rings. The first kappa shape index (κ1) is 17.8. The molecule has 0 aromatic carbocycles. The van der Waals surface area contributed by atoms with Gasteiger partial charge in [0.25, 0.3) is 0 Å². The summed E-state index contributed by atoms with van der Waals surface area (Å²) in [4.78, 5) is 12.3. The maximum atomic E-state index is 10.9. The second-order valence-electron chi connectivity index (χ2n) is 6.20. The Labute approximate surface area is 117 Å². The number of hydrogen-bond donors (Lipinski definition) is 1. The summed E-state index contributed by atoms with van der Waals surface area (Å²) in [6.45, 7) is 9.06. The van der Waals surface area contributed by atoms with E-state index in [-0.39, 0.29) is 11.7 Å². The van der Waals surface area contributed by atoms with E-state index in [0.29, 0.717) is 11.7 Å². The molecule has 4 nitrogen and oxygen atoms in total. The third-order valence-electron chi connectivity index (χ3n) is 2.84. The van der Waals surface area contributed by atoms with Crippen LogP contribution in [0.25, 0.3) is 0 Å². The predicted octanol–water partition coefficient (Wildman–Crippen LogP) is 4.12. The third-order valence-corrected chi connectivity index (χ3v) is 2.84. The molecule has 0 aliphatic heterocycles. The lowest BCUT2D eigenvalue weighted by Crippen LogP contribution is -2.31. The molecule has 1 amide bonds. The van der Waals surface area contributed by atoms with Crippen LogP contribution < -0.4 is 0 Å². The Morgan fingerprint density at radius 3 is 1.89 bits per heavy atom. The first-order chi connectivity index (χ1) is 8.63. The molecule has 1 N–H and O–H groups in total. The van der Waals surface area contributed by atoms with Gasteiger partial charge in [-0.3, -0.25) is 0 Å². The highest BCUT2D eigenvalue weighted by Crippen LogP contribution is 2.27. The molecule has 0 saturated heterocycles. The Bertz CT molecular complexity index is 286. The number of amides is 1. The van der Waals surface area contributed by atoms with Crippen LogP contribution in [0.5, 0.6) is 0 Å². The van der Waals surface area contributed by atoms with E-state index in [4.69, 9.17) is 9.84 Å². The van der Waals surface area contributed by atoms with Crippen molar-refractivity contribution < 1.29 is 14.6 Å². The summed E-state index contributed by atoms with van der Waals surface area (Å²) in [5, 5.41) is 8.98. The fourth-order valence-corrected chi connectivity index (χ4v) is 1.79. The molecule has 0 aromatic rings. The molecule has 1 aliphatic carbocycles. The summed E-state index contributed by atoms with van der Waals surface area (Å²) in [5.41, 5.74) is -0.388. The zero-order valence-electron chi connectivity index (χ0n) is 13.0. The van der Waals surface area contributed by atoms with E-state index < -0.39 is 0 Å². The number of aliphatic hydroxyl groups excluding tert-OH is 1. The molecule has 0 atom stereocenters. The molecule has 1 saturated carbocycles. The van der Waals surface area contributed by atoms with E-state index in [0.717, 1.165) is 12.8 Å². The van der Waals surface area contributed by atoms with Gasteiger partial charge in [-0.15, -0.1) is 0 Å². The van der Waals surface area contributed by atoms with Crippen molar-refractivity contribution in [3.05, 3.63) is 12.3 Å². The van der Waals surface area contributed by atoms with Crippen molar-refractivity contribution in [3.63, 3.8) is 0 Å². The molecule has 4 heteroatoms. The average molecular weight is 271 g/mol. The molecule has 0 bridgehead atoms. The number of carbonyl (C=O) groups excluding carboxylic acids is 1. The topological polar surface area (TPSA) is 49.8 Å². The second kappa shape index (κ2) is 8.08. The lowest BCUT2D eigenvalue weighted by atomic mass is 9.88. The van der Waals surface area contributed by atoms with Gasteiger partial charge >= 0.3 is 6.09 Å². The monoisotopic (exact) mass is 271 g/mol. The Kier molecular flexibility index (Phi) is 7.57. The number of ether oxygens (including phenoxy) is 1. The predicted molar refractivity (Wildman–Crippen MR) is 78.3 cm³/mol. The average Bonchev–Trinajstić information content (AvgIpc) is 2.28. The Hall–Kier alpha value is -1.19. The lowest BCUT2D eigenvalue weighted by Gasteiger charge is -2.22. The first-order valence-electron chi connectivity index (χ1n) is 6.91. The minimum atomic E-state index is -0.388. The Morgan fingerprint density at radius 2 is 1.68 bits per heavy atom. The summed E-state index contributed by atoms with van der Waals surface area (Å²) in [6.07, 6.45) is 5.87. The zero-order valence-corrected chi connectivity index (χ0v) is 13.0. The molecule has 112 valence electrons. The van der Waals surface area contributed by atoms with Gasteiger partial charge in [0.2, 0.25) is 0 Å². The van der Waals surface area contributed by atoms with Crippen LogP contribution in [0.15, 0.2) is 12.3 Å². The highest BCUT2D eigenvalue weighted by molar-refractivity contribution is 5.67. The quantitative estimate of drug-likeness (QED) is 0.730. The lowest BCUT2D eigenvalue weighted by molar-refractivity contribution is 0.0341. The number of rotatable bonds is 1. The molecule has 1 aliphatic rings. The summed E-state index contributed by atoms with van der Waals surface area (Å²) >= 11 is 0. The maximum Gasteiger partial charge on any atom is 0.409 e. The molecule has 19 heavy (non-hydrogen) atoms. The molecule has 0 aromatic heterocycles. The SMILES string of the molecule is C=C(O)C1CCCCC1.CN(C)C(=O)OC(C)(C)C. The number of nitrogens with zero attached hydrogens (tertiary/aromatic N) is 1. The van der Waals surface area contributed by atoms with Gasteiger partial charge in [-0.05, 0) is 33.6 Å². The smallest absolute Gasteiger partial charge is 0.409 e. The minimum Gasteiger partial charge on any atom is -0.513 e. The van der Waals surface area contributed by atoms with E-state index in [1.54, 1.807) is 14.1 Å². The molecule has 0 spiro atoms. The van der Waals surface area contributed by atoms with Crippen LogP contribution in [-0.2, 0) is 4.74 Å². The van der Waals surface area contributed by atoms with E-state index in [9.17, 15) is 4.79 Å². The van der Waals surface area contributed by atoms with Gasteiger partial charge in [0, 0.05) is 20.0 Å². The van der Waals surface area contributed by atoms with Crippen LogP contribution in [0, 0.1) is 5.92 Å². The van der Waals surface area contributed by atoms with Crippen LogP contribution in [-0.4, -0.2) is 35.8 Å². The number of aliphatic hydroxyl groups is 1. The molecule has 0 unspecified atom stereocenters. The van der Waals surface area contributed by atoms with Crippen molar-refractivity contribution >= 4 is 6.09 Å². The van der Waals surface area contributed by atoms with Gasteiger partial charge in [-0.2, -0.15) is 0 Å². The van der Waals surface area contributed by atoms with Crippen molar-refractivity contribution in [2.45, 2.75) is 58.5 Å². The van der Waals surface area contributed by atoms with Gasteiger partial charge in [0.1, 0.15) is 5.60 Å². The van der Waals surface area contributed by atoms with Crippen LogP contribution in [0.2, 0.25) is 0 Å².